The number of nitrogens with zero attached hydrogens (tertiary/aromatic N) is 1. The Kier molecular flexibility index (Phi) is 6.22. The minimum Gasteiger partial charge on any atom is -0.493 e. The van der Waals surface area contributed by atoms with Crippen LogP contribution >= 0.6 is 0 Å². The quantitative estimate of drug-likeness (QED) is 0.566. The fourth-order valence-corrected chi connectivity index (χ4v) is 2.13. The molecule has 0 unspecified atom stereocenters. The van der Waals surface area contributed by atoms with Crippen LogP contribution in [0.25, 0.3) is 0 Å². The lowest BCUT2D eigenvalue weighted by molar-refractivity contribution is -0.119. The number of aryl methyl sites for hydroxylation is 1. The van der Waals surface area contributed by atoms with Crippen LogP contribution in [-0.4, -0.2) is 32.9 Å². The highest BCUT2D eigenvalue weighted by Crippen LogP contribution is 2.38. The first-order chi connectivity index (χ1) is 12.0. The molecule has 7 nitrogen and oxygen atoms in total. The summed E-state index contributed by atoms with van der Waals surface area (Å²) in [6.07, 6.45) is 1.63. The van der Waals surface area contributed by atoms with Crippen molar-refractivity contribution >= 4 is 17.8 Å². The highest BCUT2D eigenvalue weighted by molar-refractivity contribution is 5.83. The lowest BCUT2D eigenvalue weighted by Crippen LogP contribution is -2.20. The summed E-state index contributed by atoms with van der Waals surface area (Å²) >= 11 is 0. The molecule has 2 aromatic carbocycles. The van der Waals surface area contributed by atoms with Crippen molar-refractivity contribution in [3.05, 3.63) is 47.5 Å². The third-order valence-electron chi connectivity index (χ3n) is 3.39. The number of para-hydroxylation sites is 1. The molecule has 0 saturated carbocycles. The van der Waals surface area contributed by atoms with Gasteiger partial charge in [0.2, 0.25) is 5.75 Å². The molecular formula is C18H21N3O4. The number of hydrogen-bond acceptors (Lipinski definition) is 6. The van der Waals surface area contributed by atoms with Crippen molar-refractivity contribution in [3.63, 3.8) is 0 Å². The number of anilines is 1. The monoisotopic (exact) mass is 343 g/mol. The zero-order valence-electron chi connectivity index (χ0n) is 14.4. The molecule has 0 atom stereocenters. The maximum Gasteiger partial charge on any atom is 0.255 e. The van der Waals surface area contributed by atoms with Crippen LogP contribution in [0.1, 0.15) is 11.1 Å². The van der Waals surface area contributed by atoms with Crippen LogP contribution in [-0.2, 0) is 4.79 Å². The van der Waals surface area contributed by atoms with Gasteiger partial charge in [-0.1, -0.05) is 18.2 Å². The highest BCUT2D eigenvalue weighted by atomic mass is 16.5. The van der Waals surface area contributed by atoms with Gasteiger partial charge in [-0.25, -0.2) is 0 Å². The molecule has 7 heteroatoms. The maximum absolute atomic E-state index is 10.9. The number of primary amides is 1. The number of methoxy groups -OCH3 is 2. The molecule has 2 rings (SSSR count). The van der Waals surface area contributed by atoms with Gasteiger partial charge in [-0.2, -0.15) is 5.10 Å². The summed E-state index contributed by atoms with van der Waals surface area (Å²) in [6, 6.07) is 11.3. The van der Waals surface area contributed by atoms with Crippen molar-refractivity contribution in [2.24, 2.45) is 10.8 Å². The zero-order chi connectivity index (χ0) is 18.2. The SMILES string of the molecule is COc1cc(/C=N\Nc2ccccc2C)cc(OC)c1OCC(N)=O. The molecule has 0 heterocycles. The topological polar surface area (TPSA) is 95.2 Å². The van der Waals surface area contributed by atoms with E-state index in [4.69, 9.17) is 19.9 Å². The molecule has 0 fully saturated rings. The van der Waals surface area contributed by atoms with Crippen LogP contribution in [0, 0.1) is 6.92 Å². The van der Waals surface area contributed by atoms with E-state index in [0.29, 0.717) is 17.2 Å². The van der Waals surface area contributed by atoms with Gasteiger partial charge in [0.25, 0.3) is 5.91 Å². The molecule has 25 heavy (non-hydrogen) atoms. The molecule has 0 spiro atoms. The number of nitrogens with two attached hydrogens (primary N) is 1. The predicted octanol–water partition coefficient (Wildman–Crippen LogP) is 2.32. The van der Waals surface area contributed by atoms with E-state index in [1.54, 1.807) is 18.3 Å². The zero-order valence-corrected chi connectivity index (χ0v) is 14.4. The Morgan fingerprint density at radius 2 is 1.84 bits per heavy atom. The van der Waals surface area contributed by atoms with Gasteiger partial charge in [-0.05, 0) is 30.7 Å². The van der Waals surface area contributed by atoms with Crippen LogP contribution in [0.4, 0.5) is 5.69 Å². The normalized spacial score (nSPS) is 10.5. The first-order valence-corrected chi connectivity index (χ1v) is 7.57. The number of amides is 1. The Balaban J connectivity index is 2.22. The second kappa shape index (κ2) is 8.58. The van der Waals surface area contributed by atoms with Crippen molar-refractivity contribution in [1.29, 1.82) is 0 Å². The number of benzene rings is 2. The number of hydrogen-bond donors (Lipinski definition) is 2. The predicted molar refractivity (Wildman–Crippen MR) is 96.6 cm³/mol. The molecule has 0 aromatic heterocycles. The first kappa shape index (κ1) is 18.1. The van der Waals surface area contributed by atoms with E-state index < -0.39 is 5.91 Å². The smallest absolute Gasteiger partial charge is 0.255 e. The van der Waals surface area contributed by atoms with Gasteiger partial charge in [0.15, 0.2) is 18.1 Å². The Morgan fingerprint density at radius 3 is 2.40 bits per heavy atom. The van der Waals surface area contributed by atoms with Crippen molar-refractivity contribution < 1.29 is 19.0 Å². The second-order valence-corrected chi connectivity index (χ2v) is 5.19. The van der Waals surface area contributed by atoms with E-state index in [-0.39, 0.29) is 6.61 Å². The molecule has 0 aliphatic heterocycles. The summed E-state index contributed by atoms with van der Waals surface area (Å²) < 4.78 is 16.0. The molecule has 0 saturated heterocycles. The van der Waals surface area contributed by atoms with Gasteiger partial charge in [0, 0.05) is 5.56 Å². The Bertz CT molecular complexity index is 750. The van der Waals surface area contributed by atoms with Crippen LogP contribution in [0.3, 0.4) is 0 Å². The number of carbonyl (C=O) groups excluding carboxylic acids is 1. The van der Waals surface area contributed by atoms with Crippen molar-refractivity contribution in [2.45, 2.75) is 6.92 Å². The van der Waals surface area contributed by atoms with E-state index in [1.165, 1.54) is 14.2 Å². The average molecular weight is 343 g/mol. The molecular weight excluding hydrogens is 322 g/mol. The van der Waals surface area contributed by atoms with E-state index in [1.807, 2.05) is 31.2 Å². The van der Waals surface area contributed by atoms with Crippen molar-refractivity contribution in [2.75, 3.05) is 26.3 Å². The van der Waals surface area contributed by atoms with Crippen LogP contribution < -0.4 is 25.4 Å². The van der Waals surface area contributed by atoms with Gasteiger partial charge >= 0.3 is 0 Å². The Morgan fingerprint density at radius 1 is 1.20 bits per heavy atom. The van der Waals surface area contributed by atoms with Gasteiger partial charge in [-0.15, -0.1) is 0 Å². The number of carbonyl (C=O) groups is 1. The molecule has 2 aromatic rings. The summed E-state index contributed by atoms with van der Waals surface area (Å²) in [5.74, 6) is 0.556. The molecule has 0 bridgehead atoms. The molecule has 0 aliphatic carbocycles. The van der Waals surface area contributed by atoms with Crippen LogP contribution in [0.15, 0.2) is 41.5 Å². The van der Waals surface area contributed by atoms with E-state index in [0.717, 1.165) is 16.8 Å². The minimum atomic E-state index is -0.586. The number of nitrogens with one attached hydrogen (secondary N) is 1. The first-order valence-electron chi connectivity index (χ1n) is 7.57. The highest BCUT2D eigenvalue weighted by Gasteiger charge is 2.14. The van der Waals surface area contributed by atoms with Crippen LogP contribution in [0.5, 0.6) is 17.2 Å². The summed E-state index contributed by atoms with van der Waals surface area (Å²) in [5, 5.41) is 4.23. The van der Waals surface area contributed by atoms with Gasteiger partial charge in [0.05, 0.1) is 26.1 Å². The standard InChI is InChI=1S/C18H21N3O4/c1-12-6-4-5-7-14(12)21-20-10-13-8-15(23-2)18(16(9-13)24-3)25-11-17(19)22/h4-10,21H,11H2,1-3H3,(H2,19,22)/b20-10-. The van der Waals surface area contributed by atoms with Gasteiger partial charge in [-0.3, -0.25) is 10.2 Å². The van der Waals surface area contributed by atoms with E-state index >= 15 is 0 Å². The molecule has 3 N–H and O–H groups in total. The van der Waals surface area contributed by atoms with Crippen LogP contribution in [0.2, 0.25) is 0 Å². The summed E-state index contributed by atoms with van der Waals surface area (Å²) in [6.45, 7) is 1.73. The van der Waals surface area contributed by atoms with Crippen molar-refractivity contribution in [1.82, 2.24) is 0 Å². The third-order valence-corrected chi connectivity index (χ3v) is 3.39. The maximum atomic E-state index is 10.9. The summed E-state index contributed by atoms with van der Waals surface area (Å²) in [4.78, 5) is 10.9. The van der Waals surface area contributed by atoms with Crippen molar-refractivity contribution in [3.8, 4) is 17.2 Å². The molecule has 1 amide bonds. The number of hydrazone groups is 1. The second-order valence-electron chi connectivity index (χ2n) is 5.19. The largest absolute Gasteiger partial charge is 0.493 e. The summed E-state index contributed by atoms with van der Waals surface area (Å²) in [7, 11) is 3.00. The fraction of sp³-hybridized carbons (Fsp3) is 0.222. The van der Waals surface area contributed by atoms with Gasteiger partial charge < -0.3 is 19.9 Å². The number of rotatable bonds is 8. The third kappa shape index (κ3) is 4.87. The Labute approximate surface area is 146 Å². The minimum absolute atomic E-state index is 0.269. The lowest BCUT2D eigenvalue weighted by Gasteiger charge is -2.14. The Hall–Kier alpha value is -3.22. The van der Waals surface area contributed by atoms with E-state index in [9.17, 15) is 4.79 Å². The fourth-order valence-electron chi connectivity index (χ4n) is 2.13. The van der Waals surface area contributed by atoms with Gasteiger partial charge in [0.1, 0.15) is 0 Å². The molecule has 0 aliphatic rings. The molecule has 0 radical (unpaired) electrons. The lowest BCUT2D eigenvalue weighted by atomic mass is 10.2. The molecule has 132 valence electrons. The summed E-state index contributed by atoms with van der Waals surface area (Å²) in [5.41, 5.74) is 10.8. The number of ether oxygens (including phenoxy) is 3. The van der Waals surface area contributed by atoms with E-state index in [2.05, 4.69) is 10.5 Å². The average Bonchev–Trinajstić information content (AvgIpc) is 2.61.